The highest BCUT2D eigenvalue weighted by Gasteiger charge is 2.30. The zero-order valence-corrected chi connectivity index (χ0v) is 20.1. The van der Waals surface area contributed by atoms with Crippen LogP contribution in [0.5, 0.6) is 5.75 Å². The second-order valence-electron chi connectivity index (χ2n) is 7.32. The fraction of sp³-hybridized carbons (Fsp3) is 0.476. The van der Waals surface area contributed by atoms with Crippen LogP contribution in [0, 0.1) is 6.57 Å². The maximum Gasteiger partial charge on any atom is 0.259 e. The summed E-state index contributed by atoms with van der Waals surface area (Å²) < 4.78 is 44.3. The van der Waals surface area contributed by atoms with Gasteiger partial charge in [-0.05, 0) is 24.5 Å². The third-order valence-electron chi connectivity index (χ3n) is 5.46. The molecule has 0 radical (unpaired) electrons. The molecule has 2 saturated heterocycles. The number of thioether (sulfide) groups is 1. The van der Waals surface area contributed by atoms with Crippen LogP contribution in [0.1, 0.15) is 0 Å². The minimum Gasteiger partial charge on any atom is -0.495 e. The largest absolute Gasteiger partial charge is 0.495 e. The van der Waals surface area contributed by atoms with Crippen LogP contribution in [0.2, 0.25) is 0 Å². The van der Waals surface area contributed by atoms with Crippen LogP contribution < -0.4 is 9.64 Å². The molecule has 0 aliphatic carbocycles. The van der Waals surface area contributed by atoms with Gasteiger partial charge >= 0.3 is 0 Å². The third kappa shape index (κ3) is 4.78. The molecular weight excluding hydrogens is 466 g/mol. The Morgan fingerprint density at radius 1 is 1.09 bits per heavy atom. The molecule has 4 rings (SSSR count). The summed E-state index contributed by atoms with van der Waals surface area (Å²) in [6.45, 7) is 11.3. The number of hydrogen-bond acceptors (Lipinski definition) is 9. The molecule has 2 fully saturated rings. The lowest BCUT2D eigenvalue weighted by atomic mass is 10.2. The Bertz CT molecular complexity index is 1160. The number of hydrogen-bond donors (Lipinski definition) is 0. The van der Waals surface area contributed by atoms with Gasteiger partial charge in [-0.1, -0.05) is 0 Å². The third-order valence-corrected chi connectivity index (χ3v) is 8.05. The summed E-state index contributed by atoms with van der Waals surface area (Å²) >= 11 is 1.36. The van der Waals surface area contributed by atoms with E-state index in [9.17, 15) is 8.42 Å². The van der Waals surface area contributed by atoms with Gasteiger partial charge in [0.1, 0.15) is 21.5 Å². The number of nitrogens with zero attached hydrogens (tertiary/aromatic N) is 5. The molecule has 0 unspecified atom stereocenters. The molecule has 10 nitrogen and oxygen atoms in total. The zero-order valence-electron chi connectivity index (χ0n) is 18.5. The SMILES string of the molecule is [C-]#[N+]c1c(SC)nc(-c2ccc(OC)c(S(=O)(=O)N3CCOCC3)c2)nc1N1CCOCC1. The second-order valence-corrected chi connectivity index (χ2v) is 10.0. The Balaban J connectivity index is 1.82. The molecule has 33 heavy (non-hydrogen) atoms. The van der Waals surface area contributed by atoms with Gasteiger partial charge in [-0.3, -0.25) is 0 Å². The predicted octanol–water partition coefficient (Wildman–Crippen LogP) is 2.28. The Morgan fingerprint density at radius 2 is 1.76 bits per heavy atom. The summed E-state index contributed by atoms with van der Waals surface area (Å²) in [4.78, 5) is 15.0. The van der Waals surface area contributed by atoms with Crippen LogP contribution in [0.15, 0.2) is 28.1 Å². The Labute approximate surface area is 197 Å². The molecule has 2 aliphatic heterocycles. The molecule has 1 aromatic carbocycles. The van der Waals surface area contributed by atoms with Crippen molar-refractivity contribution in [2.45, 2.75) is 9.92 Å². The first-order valence-electron chi connectivity index (χ1n) is 10.4. The first-order valence-corrected chi connectivity index (χ1v) is 13.1. The van der Waals surface area contributed by atoms with Crippen LogP contribution in [0.4, 0.5) is 11.5 Å². The Hall–Kier alpha value is -2.43. The van der Waals surface area contributed by atoms with Gasteiger partial charge in [0.15, 0.2) is 5.82 Å². The van der Waals surface area contributed by atoms with Gasteiger partial charge in [-0.15, -0.1) is 11.8 Å². The van der Waals surface area contributed by atoms with Crippen LogP contribution in [0.3, 0.4) is 0 Å². The Kier molecular flexibility index (Phi) is 7.35. The molecule has 0 N–H and O–H groups in total. The molecule has 2 aromatic rings. The summed E-state index contributed by atoms with van der Waals surface area (Å²) in [5.74, 6) is 1.15. The minimum atomic E-state index is -3.80. The maximum absolute atomic E-state index is 13.4. The number of benzene rings is 1. The smallest absolute Gasteiger partial charge is 0.259 e. The second kappa shape index (κ2) is 10.2. The highest BCUT2D eigenvalue weighted by Crippen LogP contribution is 2.38. The zero-order chi connectivity index (χ0) is 23.4. The summed E-state index contributed by atoms with van der Waals surface area (Å²) in [5.41, 5.74) is 0.923. The van der Waals surface area contributed by atoms with E-state index in [1.165, 1.54) is 23.2 Å². The van der Waals surface area contributed by atoms with Gasteiger partial charge in [0.25, 0.3) is 5.69 Å². The summed E-state index contributed by atoms with van der Waals surface area (Å²) in [6.07, 6.45) is 1.85. The molecular formula is C21H25N5O5S2. The topological polar surface area (TPSA) is 98.5 Å². The lowest BCUT2D eigenvalue weighted by Crippen LogP contribution is -2.40. The van der Waals surface area contributed by atoms with Gasteiger partial charge < -0.3 is 19.1 Å². The maximum atomic E-state index is 13.4. The van der Waals surface area contributed by atoms with Crippen molar-refractivity contribution in [3.63, 3.8) is 0 Å². The molecule has 176 valence electrons. The fourth-order valence-corrected chi connectivity index (χ4v) is 5.83. The number of ether oxygens (including phenoxy) is 3. The minimum absolute atomic E-state index is 0.0564. The molecule has 0 saturated carbocycles. The standard InChI is InChI=1S/C21H25N5O5S2/c1-22-18-20(25-6-10-30-11-7-25)23-19(24-21(18)32-3)15-4-5-16(29-2)17(14-15)33(27,28)26-8-12-31-13-9-26/h4-5,14H,6-13H2,2-3H3. The van der Waals surface area contributed by atoms with E-state index in [-0.39, 0.29) is 23.7 Å². The van der Waals surface area contributed by atoms with E-state index in [1.54, 1.807) is 18.2 Å². The lowest BCUT2D eigenvalue weighted by molar-refractivity contribution is 0.0729. The predicted molar refractivity (Wildman–Crippen MR) is 125 cm³/mol. The van der Waals surface area contributed by atoms with Crippen molar-refractivity contribution in [3.05, 3.63) is 29.6 Å². The first-order chi connectivity index (χ1) is 16.0. The summed E-state index contributed by atoms with van der Waals surface area (Å²) in [7, 11) is -2.36. The number of aromatic nitrogens is 2. The Morgan fingerprint density at radius 3 is 2.36 bits per heavy atom. The van der Waals surface area contributed by atoms with Crippen molar-refractivity contribution in [2.24, 2.45) is 0 Å². The van der Waals surface area contributed by atoms with Crippen LogP contribution in [0.25, 0.3) is 16.2 Å². The van der Waals surface area contributed by atoms with E-state index in [0.717, 1.165) is 0 Å². The molecule has 2 aliphatic rings. The van der Waals surface area contributed by atoms with Crippen molar-refractivity contribution >= 4 is 33.3 Å². The lowest BCUT2D eigenvalue weighted by Gasteiger charge is -2.29. The van der Waals surface area contributed by atoms with Crippen molar-refractivity contribution in [1.82, 2.24) is 14.3 Å². The average molecular weight is 492 g/mol. The van der Waals surface area contributed by atoms with Crippen molar-refractivity contribution in [3.8, 4) is 17.1 Å². The molecule has 1 aromatic heterocycles. The molecule has 12 heteroatoms. The van der Waals surface area contributed by atoms with E-state index in [0.29, 0.717) is 67.4 Å². The highest BCUT2D eigenvalue weighted by atomic mass is 32.2. The fourth-order valence-electron chi connectivity index (χ4n) is 3.73. The molecule has 0 atom stereocenters. The van der Waals surface area contributed by atoms with E-state index < -0.39 is 10.0 Å². The van der Waals surface area contributed by atoms with Crippen LogP contribution in [-0.2, 0) is 19.5 Å². The summed E-state index contributed by atoms with van der Waals surface area (Å²) in [5, 5.41) is 0.546. The average Bonchev–Trinajstić information content (AvgIpc) is 2.88. The van der Waals surface area contributed by atoms with Crippen molar-refractivity contribution in [1.29, 1.82) is 0 Å². The van der Waals surface area contributed by atoms with Gasteiger partial charge in [0.2, 0.25) is 10.0 Å². The quantitative estimate of drug-likeness (QED) is 0.342. The number of morpholine rings is 2. The normalized spacial score (nSPS) is 17.5. The number of sulfonamides is 1. The molecule has 0 bridgehead atoms. The number of methoxy groups -OCH3 is 1. The molecule has 0 amide bonds. The first kappa shape index (κ1) is 23.7. The molecule has 0 spiro atoms. The number of anilines is 1. The van der Waals surface area contributed by atoms with Gasteiger partial charge in [-0.25, -0.2) is 23.2 Å². The van der Waals surface area contributed by atoms with Crippen molar-refractivity contribution < 1.29 is 22.6 Å². The number of rotatable bonds is 6. The van der Waals surface area contributed by atoms with E-state index >= 15 is 0 Å². The van der Waals surface area contributed by atoms with Crippen molar-refractivity contribution in [2.75, 3.05) is 70.9 Å². The molecule has 3 heterocycles. The summed E-state index contributed by atoms with van der Waals surface area (Å²) in [6, 6.07) is 4.89. The van der Waals surface area contributed by atoms with E-state index in [2.05, 4.69) is 9.83 Å². The van der Waals surface area contributed by atoms with Crippen LogP contribution >= 0.6 is 11.8 Å². The highest BCUT2D eigenvalue weighted by molar-refractivity contribution is 7.98. The van der Waals surface area contributed by atoms with Gasteiger partial charge in [0.05, 0.1) is 40.1 Å². The van der Waals surface area contributed by atoms with E-state index in [1.807, 2.05) is 11.2 Å². The van der Waals surface area contributed by atoms with Gasteiger partial charge in [0, 0.05) is 31.7 Å². The van der Waals surface area contributed by atoms with Crippen LogP contribution in [-0.4, -0.2) is 88.7 Å². The van der Waals surface area contributed by atoms with E-state index in [4.69, 9.17) is 25.8 Å². The monoisotopic (exact) mass is 491 g/mol. The van der Waals surface area contributed by atoms with Gasteiger partial charge in [-0.2, -0.15) is 4.31 Å².